The molecule has 2 N–H and O–H groups in total. The van der Waals surface area contributed by atoms with E-state index in [2.05, 4.69) is 4.72 Å². The number of hydrogen-bond acceptors (Lipinski definition) is 4. The zero-order chi connectivity index (χ0) is 21.5. The quantitative estimate of drug-likeness (QED) is 0.638. The molecule has 10 heteroatoms. The van der Waals surface area contributed by atoms with Crippen LogP contribution in [0.15, 0.2) is 53.4 Å². The van der Waals surface area contributed by atoms with Crippen LogP contribution in [0.5, 0.6) is 5.75 Å². The lowest BCUT2D eigenvalue weighted by Gasteiger charge is -2.11. The van der Waals surface area contributed by atoms with Crippen molar-refractivity contribution in [2.45, 2.75) is 30.8 Å². The van der Waals surface area contributed by atoms with Crippen LogP contribution >= 0.6 is 0 Å². The Balaban J connectivity index is 1.96. The zero-order valence-electron chi connectivity index (χ0n) is 15.6. The zero-order valence-corrected chi connectivity index (χ0v) is 16.4. The molecule has 0 atom stereocenters. The fourth-order valence-electron chi connectivity index (χ4n) is 2.29. The molecule has 2 aromatic rings. The highest BCUT2D eigenvalue weighted by molar-refractivity contribution is 7.92. The first kappa shape index (κ1) is 22.5. The molecule has 0 fully saturated rings. The van der Waals surface area contributed by atoms with E-state index in [9.17, 15) is 26.4 Å². The topological polar surface area (TPSA) is 84.5 Å². The van der Waals surface area contributed by atoms with Gasteiger partial charge >= 0.3 is 6.18 Å². The van der Waals surface area contributed by atoms with Crippen molar-refractivity contribution in [1.82, 2.24) is 5.32 Å². The molecule has 0 saturated heterocycles. The molecular formula is C19H21F3N2O4S. The fourth-order valence-corrected chi connectivity index (χ4v) is 3.34. The smallest absolute Gasteiger partial charge is 0.405 e. The Morgan fingerprint density at radius 1 is 1.03 bits per heavy atom. The van der Waals surface area contributed by atoms with Gasteiger partial charge in [0.15, 0.2) is 0 Å². The summed E-state index contributed by atoms with van der Waals surface area (Å²) >= 11 is 0. The van der Waals surface area contributed by atoms with Crippen LogP contribution in [0.4, 0.5) is 18.9 Å². The highest BCUT2D eigenvalue weighted by Gasteiger charge is 2.27. The van der Waals surface area contributed by atoms with E-state index >= 15 is 0 Å². The first-order valence-corrected chi connectivity index (χ1v) is 10.3. The van der Waals surface area contributed by atoms with Crippen molar-refractivity contribution in [3.05, 3.63) is 54.1 Å². The minimum atomic E-state index is -4.47. The summed E-state index contributed by atoms with van der Waals surface area (Å²) in [5, 5.41) is 1.78. The lowest BCUT2D eigenvalue weighted by atomic mass is 10.1. The summed E-state index contributed by atoms with van der Waals surface area (Å²) in [5.74, 6) is -0.208. The number of ether oxygens (including phenoxy) is 1. The normalized spacial score (nSPS) is 11.7. The summed E-state index contributed by atoms with van der Waals surface area (Å²) in [6, 6.07) is 11.8. The number of rotatable bonds is 9. The van der Waals surface area contributed by atoms with Crippen molar-refractivity contribution in [3.63, 3.8) is 0 Å². The van der Waals surface area contributed by atoms with Gasteiger partial charge in [-0.25, -0.2) is 8.42 Å². The molecule has 0 aliphatic heterocycles. The van der Waals surface area contributed by atoms with Gasteiger partial charge in [-0.3, -0.25) is 9.52 Å². The van der Waals surface area contributed by atoms with Gasteiger partial charge in [0.1, 0.15) is 12.3 Å². The summed E-state index contributed by atoms with van der Waals surface area (Å²) in [7, 11) is -3.82. The maximum absolute atomic E-state index is 12.4. The Hall–Kier alpha value is -2.75. The van der Waals surface area contributed by atoms with E-state index in [1.807, 2.05) is 6.92 Å². The summed E-state index contributed by atoms with van der Waals surface area (Å²) in [4.78, 5) is 11.6. The predicted octanol–water partition coefficient (Wildman–Crippen LogP) is 3.50. The maximum Gasteiger partial charge on any atom is 0.405 e. The van der Waals surface area contributed by atoms with Crippen LogP contribution in [0.3, 0.4) is 0 Å². The number of sulfonamides is 1. The minimum absolute atomic E-state index is 0.0527. The van der Waals surface area contributed by atoms with Gasteiger partial charge in [-0.05, 0) is 48.4 Å². The minimum Gasteiger partial charge on any atom is -0.494 e. The first-order valence-electron chi connectivity index (χ1n) is 8.77. The molecule has 0 aliphatic rings. The molecule has 0 radical (unpaired) electrons. The Morgan fingerprint density at radius 2 is 1.66 bits per heavy atom. The average molecular weight is 430 g/mol. The number of carbonyl (C=O) groups excluding carboxylic acids is 1. The van der Waals surface area contributed by atoms with Gasteiger partial charge < -0.3 is 10.1 Å². The highest BCUT2D eigenvalue weighted by atomic mass is 32.2. The number of anilines is 1. The molecule has 158 valence electrons. The van der Waals surface area contributed by atoms with Crippen LogP contribution in [0.2, 0.25) is 0 Å². The second-order valence-electron chi connectivity index (χ2n) is 6.19. The van der Waals surface area contributed by atoms with Crippen molar-refractivity contribution in [2.75, 3.05) is 17.9 Å². The summed E-state index contributed by atoms with van der Waals surface area (Å²) < 4.78 is 69.0. The van der Waals surface area contributed by atoms with E-state index in [4.69, 9.17) is 4.74 Å². The SMILES string of the molecule is CCCOc1ccc(S(=O)(=O)Nc2ccc(CC(=O)NCC(F)(F)F)cc2)cc1. The molecule has 0 aliphatic carbocycles. The van der Waals surface area contributed by atoms with Gasteiger partial charge in [0.05, 0.1) is 17.9 Å². The van der Waals surface area contributed by atoms with Crippen LogP contribution in [-0.2, 0) is 21.2 Å². The molecule has 0 spiro atoms. The Morgan fingerprint density at radius 3 is 2.21 bits per heavy atom. The lowest BCUT2D eigenvalue weighted by molar-refractivity contribution is -0.138. The fraction of sp³-hybridized carbons (Fsp3) is 0.316. The largest absolute Gasteiger partial charge is 0.494 e. The van der Waals surface area contributed by atoms with E-state index in [0.717, 1.165) is 6.42 Å². The second kappa shape index (κ2) is 9.64. The third kappa shape index (κ3) is 7.65. The molecule has 0 saturated carbocycles. The van der Waals surface area contributed by atoms with Crippen LogP contribution in [0.1, 0.15) is 18.9 Å². The molecule has 0 heterocycles. The van der Waals surface area contributed by atoms with Gasteiger partial charge in [-0.15, -0.1) is 0 Å². The monoisotopic (exact) mass is 430 g/mol. The van der Waals surface area contributed by atoms with E-state index < -0.39 is 28.7 Å². The lowest BCUT2D eigenvalue weighted by Crippen LogP contribution is -2.34. The van der Waals surface area contributed by atoms with Gasteiger partial charge in [0.25, 0.3) is 10.0 Å². The Kier molecular flexibility index (Phi) is 7.49. The summed E-state index contributed by atoms with van der Waals surface area (Å²) in [6.45, 7) is 1.10. The summed E-state index contributed by atoms with van der Waals surface area (Å²) in [6.07, 6.45) is -3.89. The van der Waals surface area contributed by atoms with Crippen molar-refractivity contribution in [3.8, 4) is 5.75 Å². The van der Waals surface area contributed by atoms with Gasteiger partial charge in [-0.1, -0.05) is 19.1 Å². The van der Waals surface area contributed by atoms with Crippen molar-refractivity contribution in [1.29, 1.82) is 0 Å². The third-order valence-electron chi connectivity index (χ3n) is 3.66. The Labute approximate surface area is 167 Å². The number of nitrogens with one attached hydrogen (secondary N) is 2. The van der Waals surface area contributed by atoms with E-state index in [1.54, 1.807) is 17.4 Å². The number of benzene rings is 2. The molecule has 0 bridgehead atoms. The molecule has 29 heavy (non-hydrogen) atoms. The van der Waals surface area contributed by atoms with Crippen LogP contribution in [0.25, 0.3) is 0 Å². The van der Waals surface area contributed by atoms with Crippen molar-refractivity contribution >= 4 is 21.6 Å². The van der Waals surface area contributed by atoms with Gasteiger partial charge in [0.2, 0.25) is 5.91 Å². The molecular weight excluding hydrogens is 409 g/mol. The van der Waals surface area contributed by atoms with E-state index in [-0.39, 0.29) is 17.0 Å². The number of halogens is 3. The van der Waals surface area contributed by atoms with Gasteiger partial charge in [0, 0.05) is 5.69 Å². The summed E-state index contributed by atoms with van der Waals surface area (Å²) in [5.41, 5.74) is 0.709. The average Bonchev–Trinajstić information content (AvgIpc) is 2.66. The predicted molar refractivity (Wildman–Crippen MR) is 102 cm³/mol. The maximum atomic E-state index is 12.4. The number of carbonyl (C=O) groups is 1. The van der Waals surface area contributed by atoms with E-state index in [0.29, 0.717) is 17.9 Å². The Bertz CT molecular complexity index is 912. The third-order valence-corrected chi connectivity index (χ3v) is 5.06. The molecule has 0 aromatic heterocycles. The van der Waals surface area contributed by atoms with Crippen LogP contribution < -0.4 is 14.8 Å². The molecule has 2 aromatic carbocycles. The highest BCUT2D eigenvalue weighted by Crippen LogP contribution is 2.20. The number of amides is 1. The van der Waals surface area contributed by atoms with Crippen LogP contribution in [0, 0.1) is 0 Å². The first-order chi connectivity index (χ1) is 13.6. The number of hydrogen-bond donors (Lipinski definition) is 2. The molecule has 2 rings (SSSR count). The second-order valence-corrected chi connectivity index (χ2v) is 7.87. The number of alkyl halides is 3. The standard InChI is InChI=1S/C19H21F3N2O4S/c1-2-11-28-16-7-9-17(10-8-16)29(26,27)24-15-5-3-14(4-6-15)12-18(25)23-13-19(20,21)22/h3-10,24H,2,11-13H2,1H3,(H,23,25). The van der Waals surface area contributed by atoms with Crippen molar-refractivity contribution in [2.24, 2.45) is 0 Å². The molecule has 1 amide bonds. The van der Waals surface area contributed by atoms with Crippen LogP contribution in [-0.4, -0.2) is 33.7 Å². The van der Waals surface area contributed by atoms with Crippen molar-refractivity contribution < 1.29 is 31.1 Å². The molecule has 0 unspecified atom stereocenters. The van der Waals surface area contributed by atoms with Gasteiger partial charge in [-0.2, -0.15) is 13.2 Å². The van der Waals surface area contributed by atoms with E-state index in [1.165, 1.54) is 36.4 Å². The molecule has 6 nitrogen and oxygen atoms in total.